The molecule has 1 unspecified atom stereocenters. The minimum atomic E-state index is -0.204. The van der Waals surface area contributed by atoms with Crippen LogP contribution in [0, 0.1) is 11.7 Å². The van der Waals surface area contributed by atoms with Gasteiger partial charge < -0.3 is 4.84 Å². The molecule has 1 aliphatic rings. The Morgan fingerprint density at radius 3 is 2.94 bits per heavy atom. The van der Waals surface area contributed by atoms with Crippen molar-refractivity contribution in [3.05, 3.63) is 34.6 Å². The molecule has 4 heteroatoms. The van der Waals surface area contributed by atoms with Gasteiger partial charge in [0.25, 0.3) is 0 Å². The molecule has 0 aromatic heterocycles. The van der Waals surface area contributed by atoms with Crippen LogP contribution in [0.3, 0.4) is 0 Å². The van der Waals surface area contributed by atoms with Crippen molar-refractivity contribution in [2.24, 2.45) is 5.92 Å². The average molecular weight is 244 g/mol. The first-order chi connectivity index (χ1) is 7.65. The highest BCUT2D eigenvalue weighted by atomic mass is 35.5. The second kappa shape index (κ2) is 4.70. The third-order valence-electron chi connectivity index (χ3n) is 3.16. The molecule has 1 N–H and O–H groups in total. The van der Waals surface area contributed by atoms with Gasteiger partial charge in [-0.2, -0.15) is 5.48 Å². The van der Waals surface area contributed by atoms with Gasteiger partial charge in [-0.3, -0.25) is 0 Å². The Kier molecular flexibility index (Phi) is 3.47. The fourth-order valence-electron chi connectivity index (χ4n) is 2.24. The molecule has 0 heterocycles. The molecule has 0 bridgehead atoms. The van der Waals surface area contributed by atoms with E-state index in [4.69, 9.17) is 16.4 Å². The van der Waals surface area contributed by atoms with E-state index in [1.807, 2.05) is 6.92 Å². The van der Waals surface area contributed by atoms with E-state index in [1.165, 1.54) is 6.07 Å². The van der Waals surface area contributed by atoms with E-state index >= 15 is 0 Å². The lowest BCUT2D eigenvalue weighted by atomic mass is 10.1. The van der Waals surface area contributed by atoms with E-state index in [9.17, 15) is 4.39 Å². The van der Waals surface area contributed by atoms with Gasteiger partial charge >= 0.3 is 0 Å². The minimum Gasteiger partial charge on any atom is -0.305 e. The molecule has 2 rings (SSSR count). The fraction of sp³-hybridized carbons (Fsp3) is 0.500. The summed E-state index contributed by atoms with van der Waals surface area (Å²) >= 11 is 6.02. The van der Waals surface area contributed by atoms with Crippen LogP contribution in [0.4, 0.5) is 4.39 Å². The molecule has 1 aromatic carbocycles. The molecule has 0 radical (unpaired) electrons. The van der Waals surface area contributed by atoms with Crippen molar-refractivity contribution >= 4 is 11.6 Å². The van der Waals surface area contributed by atoms with Crippen molar-refractivity contribution in [1.29, 1.82) is 0 Å². The smallest absolute Gasteiger partial charge is 0.128 e. The fourth-order valence-corrected chi connectivity index (χ4v) is 2.54. The molecular weight excluding hydrogens is 229 g/mol. The van der Waals surface area contributed by atoms with Crippen LogP contribution in [0.25, 0.3) is 0 Å². The van der Waals surface area contributed by atoms with Gasteiger partial charge in [0.15, 0.2) is 0 Å². The number of hydrogen-bond donors (Lipinski definition) is 1. The molecule has 1 fully saturated rings. The van der Waals surface area contributed by atoms with Crippen molar-refractivity contribution < 1.29 is 9.23 Å². The minimum absolute atomic E-state index is 0.204. The molecule has 1 aliphatic carbocycles. The molecule has 16 heavy (non-hydrogen) atoms. The topological polar surface area (TPSA) is 21.3 Å². The van der Waals surface area contributed by atoms with Gasteiger partial charge in [0.2, 0.25) is 0 Å². The molecule has 0 amide bonds. The molecule has 88 valence electrons. The zero-order valence-electron chi connectivity index (χ0n) is 9.34. The summed E-state index contributed by atoms with van der Waals surface area (Å²) < 4.78 is 13.6. The predicted molar refractivity (Wildman–Crippen MR) is 61.9 cm³/mol. The Bertz CT molecular complexity index is 365. The summed E-state index contributed by atoms with van der Waals surface area (Å²) in [6, 6.07) is 5.05. The Morgan fingerprint density at radius 1 is 1.56 bits per heavy atom. The molecule has 3 atom stereocenters. The lowest BCUT2D eigenvalue weighted by Crippen LogP contribution is -2.27. The summed E-state index contributed by atoms with van der Waals surface area (Å²) in [5, 5.41) is 0.525. The van der Waals surface area contributed by atoms with Gasteiger partial charge in [0.1, 0.15) is 5.82 Å². The molecular formula is C12H15ClFNO. The van der Waals surface area contributed by atoms with Crippen LogP contribution < -0.4 is 5.48 Å². The second-order valence-corrected chi connectivity index (χ2v) is 4.66. The van der Waals surface area contributed by atoms with Crippen molar-refractivity contribution in [3.8, 4) is 0 Å². The maximum absolute atomic E-state index is 13.6. The maximum atomic E-state index is 13.6. The lowest BCUT2D eigenvalue weighted by Gasteiger charge is -2.12. The zero-order valence-corrected chi connectivity index (χ0v) is 10.1. The van der Waals surface area contributed by atoms with E-state index in [0.29, 0.717) is 16.5 Å². The third kappa shape index (κ3) is 2.21. The van der Waals surface area contributed by atoms with E-state index < -0.39 is 0 Å². The third-order valence-corrected chi connectivity index (χ3v) is 3.49. The van der Waals surface area contributed by atoms with E-state index in [2.05, 4.69) is 5.48 Å². The van der Waals surface area contributed by atoms with Crippen LogP contribution in [0.1, 0.15) is 24.8 Å². The van der Waals surface area contributed by atoms with Crippen molar-refractivity contribution in [2.75, 3.05) is 7.11 Å². The average Bonchev–Trinajstić information content (AvgIpc) is 2.98. The maximum Gasteiger partial charge on any atom is 0.128 e. The van der Waals surface area contributed by atoms with Crippen LogP contribution in [0.2, 0.25) is 5.02 Å². The van der Waals surface area contributed by atoms with E-state index in [0.717, 1.165) is 6.42 Å². The summed E-state index contributed by atoms with van der Waals surface area (Å²) in [6.45, 7) is 2.03. The Hall–Kier alpha value is -0.640. The van der Waals surface area contributed by atoms with Crippen LogP contribution in [-0.2, 0) is 4.84 Å². The second-order valence-electron chi connectivity index (χ2n) is 4.25. The SMILES string of the molecule is CONC(C)[C@@H]1C[C@H]1c1c(F)cccc1Cl. The monoisotopic (exact) mass is 243 g/mol. The number of nitrogens with one attached hydrogen (secondary N) is 1. The van der Waals surface area contributed by atoms with Crippen molar-refractivity contribution in [1.82, 2.24) is 5.48 Å². The molecule has 2 nitrogen and oxygen atoms in total. The summed E-state index contributed by atoms with van der Waals surface area (Å²) in [6.07, 6.45) is 0.957. The molecule has 0 aliphatic heterocycles. The van der Waals surface area contributed by atoms with Gasteiger partial charge in [-0.1, -0.05) is 17.7 Å². The highest BCUT2D eigenvalue weighted by molar-refractivity contribution is 6.31. The molecule has 1 aromatic rings. The Morgan fingerprint density at radius 2 is 2.31 bits per heavy atom. The largest absolute Gasteiger partial charge is 0.305 e. The van der Waals surface area contributed by atoms with Crippen LogP contribution in [0.15, 0.2) is 18.2 Å². The van der Waals surface area contributed by atoms with Crippen LogP contribution in [-0.4, -0.2) is 13.2 Å². The molecule has 0 saturated heterocycles. The van der Waals surface area contributed by atoms with Crippen molar-refractivity contribution in [2.45, 2.75) is 25.3 Å². The Labute approximate surface area is 99.7 Å². The van der Waals surface area contributed by atoms with Crippen molar-refractivity contribution in [3.63, 3.8) is 0 Å². The number of benzene rings is 1. The van der Waals surface area contributed by atoms with Crippen LogP contribution >= 0.6 is 11.6 Å². The standard InChI is InChI=1S/C12H15ClFNO/c1-7(15-16-2)8-6-9(8)12-10(13)4-3-5-11(12)14/h3-5,7-9,15H,6H2,1-2H3/t7?,8-,9+/m0/s1. The Balaban J connectivity index is 2.11. The van der Waals surface area contributed by atoms with Gasteiger partial charge in [-0.05, 0) is 37.3 Å². The first kappa shape index (κ1) is 11.8. The molecule has 1 saturated carbocycles. The summed E-state index contributed by atoms with van der Waals surface area (Å²) in [4.78, 5) is 4.87. The summed E-state index contributed by atoms with van der Waals surface area (Å²) in [5.74, 6) is 0.408. The number of rotatable bonds is 4. The highest BCUT2D eigenvalue weighted by Crippen LogP contribution is 2.52. The first-order valence-electron chi connectivity index (χ1n) is 5.37. The number of hydroxylamine groups is 1. The quantitative estimate of drug-likeness (QED) is 0.821. The van der Waals surface area contributed by atoms with Gasteiger partial charge in [-0.25, -0.2) is 4.39 Å². The van der Waals surface area contributed by atoms with Gasteiger partial charge in [0.05, 0.1) is 7.11 Å². The summed E-state index contributed by atoms with van der Waals surface area (Å²) in [5.41, 5.74) is 3.53. The predicted octanol–water partition coefficient (Wildman–Crippen LogP) is 3.12. The first-order valence-corrected chi connectivity index (χ1v) is 5.75. The summed E-state index contributed by atoms with van der Waals surface area (Å²) in [7, 11) is 1.59. The highest BCUT2D eigenvalue weighted by Gasteiger charge is 2.44. The molecule has 0 spiro atoms. The van der Waals surface area contributed by atoms with Crippen LogP contribution in [0.5, 0.6) is 0 Å². The van der Waals surface area contributed by atoms with Gasteiger partial charge in [-0.15, -0.1) is 0 Å². The normalized spacial score (nSPS) is 25.5. The number of halogens is 2. The zero-order chi connectivity index (χ0) is 11.7. The van der Waals surface area contributed by atoms with E-state index in [1.54, 1.807) is 19.2 Å². The number of hydrogen-bond acceptors (Lipinski definition) is 2. The van der Waals surface area contributed by atoms with E-state index in [-0.39, 0.29) is 17.8 Å². The van der Waals surface area contributed by atoms with Gasteiger partial charge in [0, 0.05) is 16.6 Å². The lowest BCUT2D eigenvalue weighted by molar-refractivity contribution is 0.0590.